The summed E-state index contributed by atoms with van der Waals surface area (Å²) >= 11 is 6.06. The number of nitrogens with zero attached hydrogens (tertiary/aromatic N) is 1. The summed E-state index contributed by atoms with van der Waals surface area (Å²) < 4.78 is 5.45. The third-order valence-corrected chi connectivity index (χ3v) is 4.48. The SMILES string of the molecule is O=C(COc1ccccc1)Nc1cc(Cl)ccc1C(=O)N1CCCCC1. The van der Waals surface area contributed by atoms with Gasteiger partial charge in [-0.3, -0.25) is 9.59 Å². The first kappa shape index (κ1) is 18.3. The van der Waals surface area contributed by atoms with Gasteiger partial charge in [0.05, 0.1) is 11.3 Å². The van der Waals surface area contributed by atoms with Crippen LogP contribution in [0.25, 0.3) is 0 Å². The number of halogens is 1. The Morgan fingerprint density at radius 2 is 1.77 bits per heavy atom. The molecule has 0 radical (unpaired) electrons. The number of ether oxygens (including phenoxy) is 1. The van der Waals surface area contributed by atoms with Gasteiger partial charge in [-0.25, -0.2) is 0 Å². The van der Waals surface area contributed by atoms with E-state index in [-0.39, 0.29) is 18.4 Å². The molecule has 6 heteroatoms. The summed E-state index contributed by atoms with van der Waals surface area (Å²) in [6.45, 7) is 1.34. The molecule has 0 unspecified atom stereocenters. The summed E-state index contributed by atoms with van der Waals surface area (Å²) in [5, 5.41) is 3.20. The van der Waals surface area contributed by atoms with E-state index in [0.717, 1.165) is 32.4 Å². The molecule has 0 aliphatic carbocycles. The Morgan fingerprint density at radius 3 is 2.50 bits per heavy atom. The molecule has 0 bridgehead atoms. The lowest BCUT2D eigenvalue weighted by atomic mass is 10.1. The third kappa shape index (κ3) is 4.76. The topological polar surface area (TPSA) is 58.6 Å². The van der Waals surface area contributed by atoms with Crippen molar-refractivity contribution in [1.82, 2.24) is 4.90 Å². The van der Waals surface area contributed by atoms with Gasteiger partial charge in [0.25, 0.3) is 11.8 Å². The van der Waals surface area contributed by atoms with E-state index in [1.807, 2.05) is 23.1 Å². The Bertz CT molecular complexity index is 774. The lowest BCUT2D eigenvalue weighted by molar-refractivity contribution is -0.118. The summed E-state index contributed by atoms with van der Waals surface area (Å²) in [7, 11) is 0. The van der Waals surface area contributed by atoms with Gasteiger partial charge in [0.1, 0.15) is 5.75 Å². The molecule has 1 aliphatic rings. The van der Waals surface area contributed by atoms with E-state index < -0.39 is 0 Å². The van der Waals surface area contributed by atoms with Crippen molar-refractivity contribution in [2.45, 2.75) is 19.3 Å². The number of hydrogen-bond donors (Lipinski definition) is 1. The second-order valence-corrected chi connectivity index (χ2v) is 6.63. The molecule has 136 valence electrons. The van der Waals surface area contributed by atoms with E-state index in [2.05, 4.69) is 5.32 Å². The van der Waals surface area contributed by atoms with Crippen LogP contribution in [0.3, 0.4) is 0 Å². The summed E-state index contributed by atoms with van der Waals surface area (Å²) in [5.74, 6) is 0.183. The molecule has 2 amide bonds. The van der Waals surface area contributed by atoms with Crippen molar-refractivity contribution in [1.29, 1.82) is 0 Å². The number of likely N-dealkylation sites (tertiary alicyclic amines) is 1. The van der Waals surface area contributed by atoms with E-state index in [1.165, 1.54) is 0 Å². The lowest BCUT2D eigenvalue weighted by Gasteiger charge is -2.27. The van der Waals surface area contributed by atoms with Gasteiger partial charge in [-0.1, -0.05) is 29.8 Å². The molecule has 2 aromatic carbocycles. The van der Waals surface area contributed by atoms with Gasteiger partial charge in [0.2, 0.25) is 0 Å². The summed E-state index contributed by atoms with van der Waals surface area (Å²) in [4.78, 5) is 26.9. The number of para-hydroxylation sites is 1. The van der Waals surface area contributed by atoms with Gasteiger partial charge in [-0.15, -0.1) is 0 Å². The van der Waals surface area contributed by atoms with E-state index in [1.54, 1.807) is 30.3 Å². The Morgan fingerprint density at radius 1 is 1.04 bits per heavy atom. The minimum absolute atomic E-state index is 0.0827. The highest BCUT2D eigenvalue weighted by Crippen LogP contribution is 2.24. The first-order valence-electron chi connectivity index (χ1n) is 8.70. The van der Waals surface area contributed by atoms with Crippen LogP contribution in [0.2, 0.25) is 5.02 Å². The molecule has 0 saturated carbocycles. The van der Waals surface area contributed by atoms with Crippen LogP contribution in [0.4, 0.5) is 5.69 Å². The molecule has 5 nitrogen and oxygen atoms in total. The van der Waals surface area contributed by atoms with E-state index >= 15 is 0 Å². The van der Waals surface area contributed by atoms with Crippen molar-refractivity contribution < 1.29 is 14.3 Å². The highest BCUT2D eigenvalue weighted by atomic mass is 35.5. The van der Waals surface area contributed by atoms with Crippen LogP contribution in [-0.4, -0.2) is 36.4 Å². The minimum Gasteiger partial charge on any atom is -0.484 e. The number of piperidine rings is 1. The fourth-order valence-corrected chi connectivity index (χ4v) is 3.10. The van der Waals surface area contributed by atoms with Crippen molar-refractivity contribution in [2.24, 2.45) is 0 Å². The Balaban J connectivity index is 1.69. The second-order valence-electron chi connectivity index (χ2n) is 6.19. The Hall–Kier alpha value is -2.53. The van der Waals surface area contributed by atoms with E-state index in [9.17, 15) is 9.59 Å². The van der Waals surface area contributed by atoms with Crippen LogP contribution in [0.1, 0.15) is 29.6 Å². The van der Waals surface area contributed by atoms with Gasteiger partial charge in [-0.05, 0) is 49.6 Å². The quantitative estimate of drug-likeness (QED) is 0.863. The maximum absolute atomic E-state index is 12.8. The van der Waals surface area contributed by atoms with E-state index in [0.29, 0.717) is 22.0 Å². The number of hydrogen-bond acceptors (Lipinski definition) is 3. The molecule has 1 N–H and O–H groups in total. The van der Waals surface area contributed by atoms with Crippen molar-refractivity contribution >= 4 is 29.1 Å². The smallest absolute Gasteiger partial charge is 0.262 e. The third-order valence-electron chi connectivity index (χ3n) is 4.24. The van der Waals surface area contributed by atoms with Gasteiger partial charge >= 0.3 is 0 Å². The molecule has 1 fully saturated rings. The first-order valence-corrected chi connectivity index (χ1v) is 9.08. The van der Waals surface area contributed by atoms with Crippen LogP contribution in [0.5, 0.6) is 5.75 Å². The number of benzene rings is 2. The largest absolute Gasteiger partial charge is 0.484 e. The standard InChI is InChI=1S/C20H21ClN2O3/c21-15-9-10-17(20(25)23-11-5-2-6-12-23)18(13-15)22-19(24)14-26-16-7-3-1-4-8-16/h1,3-4,7-10,13H,2,5-6,11-12,14H2,(H,22,24). The highest BCUT2D eigenvalue weighted by molar-refractivity contribution is 6.31. The fourth-order valence-electron chi connectivity index (χ4n) is 2.93. The van der Waals surface area contributed by atoms with Gasteiger partial charge < -0.3 is 15.0 Å². The molecule has 0 atom stereocenters. The van der Waals surface area contributed by atoms with Crippen molar-refractivity contribution in [3.8, 4) is 5.75 Å². The molecule has 3 rings (SSSR count). The Labute approximate surface area is 157 Å². The maximum atomic E-state index is 12.8. The maximum Gasteiger partial charge on any atom is 0.262 e. The summed E-state index contributed by atoms with van der Waals surface area (Å²) in [6.07, 6.45) is 3.16. The van der Waals surface area contributed by atoms with Crippen LogP contribution in [0, 0.1) is 0 Å². The van der Waals surface area contributed by atoms with Gasteiger partial charge in [0.15, 0.2) is 6.61 Å². The fraction of sp³-hybridized carbons (Fsp3) is 0.300. The van der Waals surface area contributed by atoms with Crippen molar-refractivity contribution in [2.75, 3.05) is 25.0 Å². The average molecular weight is 373 g/mol. The van der Waals surface area contributed by atoms with E-state index in [4.69, 9.17) is 16.3 Å². The molecule has 2 aromatic rings. The highest BCUT2D eigenvalue weighted by Gasteiger charge is 2.21. The molecule has 1 aliphatic heterocycles. The molecule has 1 heterocycles. The first-order chi connectivity index (χ1) is 12.6. The zero-order valence-corrected chi connectivity index (χ0v) is 15.2. The van der Waals surface area contributed by atoms with Gasteiger partial charge in [0, 0.05) is 18.1 Å². The number of carbonyl (C=O) groups is 2. The molecule has 26 heavy (non-hydrogen) atoms. The number of carbonyl (C=O) groups excluding carboxylic acids is 2. The summed E-state index contributed by atoms with van der Waals surface area (Å²) in [5.41, 5.74) is 0.860. The molecule has 1 saturated heterocycles. The van der Waals surface area contributed by atoms with Crippen LogP contribution in [-0.2, 0) is 4.79 Å². The molecular weight excluding hydrogens is 352 g/mol. The number of nitrogens with one attached hydrogen (secondary N) is 1. The number of anilines is 1. The second kappa shape index (κ2) is 8.72. The normalized spacial score (nSPS) is 14.0. The summed E-state index contributed by atoms with van der Waals surface area (Å²) in [6, 6.07) is 14.0. The number of amides is 2. The van der Waals surface area contributed by atoms with Crippen LogP contribution >= 0.6 is 11.6 Å². The average Bonchev–Trinajstić information content (AvgIpc) is 2.67. The molecule has 0 spiro atoms. The zero-order valence-electron chi connectivity index (χ0n) is 14.4. The number of rotatable bonds is 5. The van der Waals surface area contributed by atoms with Crippen molar-refractivity contribution in [3.63, 3.8) is 0 Å². The lowest BCUT2D eigenvalue weighted by Crippen LogP contribution is -2.36. The van der Waals surface area contributed by atoms with Gasteiger partial charge in [-0.2, -0.15) is 0 Å². The van der Waals surface area contributed by atoms with Crippen molar-refractivity contribution in [3.05, 3.63) is 59.1 Å². The monoisotopic (exact) mass is 372 g/mol. The van der Waals surface area contributed by atoms with Crippen LogP contribution < -0.4 is 10.1 Å². The molecule has 0 aromatic heterocycles. The van der Waals surface area contributed by atoms with Crippen LogP contribution in [0.15, 0.2) is 48.5 Å². The predicted molar refractivity (Wildman–Crippen MR) is 102 cm³/mol. The molecular formula is C20H21ClN2O3. The minimum atomic E-state index is -0.344. The Kier molecular flexibility index (Phi) is 6.12. The predicted octanol–water partition coefficient (Wildman–Crippen LogP) is 3.98. The zero-order chi connectivity index (χ0) is 18.4.